The molecule has 3 heterocycles. The van der Waals surface area contributed by atoms with Gasteiger partial charge in [-0.1, -0.05) is 0 Å². The number of benzene rings is 1. The summed E-state index contributed by atoms with van der Waals surface area (Å²) >= 11 is 0. The quantitative estimate of drug-likeness (QED) is 0.491. The molecule has 9 heteroatoms. The van der Waals surface area contributed by atoms with Gasteiger partial charge in [0.1, 0.15) is 5.82 Å². The Hall–Kier alpha value is -4.06. The van der Waals surface area contributed by atoms with Crippen LogP contribution in [0.1, 0.15) is 34.9 Å². The van der Waals surface area contributed by atoms with Gasteiger partial charge in [0.05, 0.1) is 37.1 Å². The monoisotopic (exact) mass is 416 g/mol. The van der Waals surface area contributed by atoms with Crippen molar-refractivity contribution in [1.29, 1.82) is 5.26 Å². The maximum absolute atomic E-state index is 14.0. The second-order valence-electron chi connectivity index (χ2n) is 7.29. The van der Waals surface area contributed by atoms with Gasteiger partial charge in [-0.05, 0) is 48.1 Å². The van der Waals surface area contributed by atoms with E-state index in [9.17, 15) is 4.39 Å². The first-order valence-corrected chi connectivity index (χ1v) is 9.61. The number of halogens is 1. The van der Waals surface area contributed by atoms with Crippen molar-refractivity contribution in [1.82, 2.24) is 24.6 Å². The van der Waals surface area contributed by atoms with E-state index < -0.39 is 5.82 Å². The van der Waals surface area contributed by atoms with Gasteiger partial charge < -0.3 is 9.47 Å². The molecular formula is C22H17FN6O2. The number of nitriles is 1. The van der Waals surface area contributed by atoms with E-state index in [1.165, 1.54) is 26.4 Å². The lowest BCUT2D eigenvalue weighted by Crippen LogP contribution is -2.02. The Balaban J connectivity index is 1.58. The molecular weight excluding hydrogens is 399 g/mol. The summed E-state index contributed by atoms with van der Waals surface area (Å²) in [5, 5.41) is 13.8. The third-order valence-electron chi connectivity index (χ3n) is 5.44. The maximum Gasteiger partial charge on any atom is 0.319 e. The van der Waals surface area contributed by atoms with Crippen LogP contribution < -0.4 is 9.47 Å². The largest absolute Gasteiger partial charge is 0.480 e. The highest BCUT2D eigenvalue weighted by molar-refractivity contribution is 5.68. The molecule has 0 amide bonds. The van der Waals surface area contributed by atoms with Crippen molar-refractivity contribution < 1.29 is 13.9 Å². The smallest absolute Gasteiger partial charge is 0.319 e. The van der Waals surface area contributed by atoms with Gasteiger partial charge in [-0.3, -0.25) is 0 Å². The predicted molar refractivity (Wildman–Crippen MR) is 108 cm³/mol. The molecule has 4 aromatic rings. The Morgan fingerprint density at radius 2 is 2.00 bits per heavy atom. The van der Waals surface area contributed by atoms with Crippen molar-refractivity contribution in [2.45, 2.75) is 18.3 Å². The van der Waals surface area contributed by atoms with E-state index >= 15 is 0 Å². The summed E-state index contributed by atoms with van der Waals surface area (Å²) in [6, 6.07) is 8.66. The molecule has 0 bridgehead atoms. The third-order valence-corrected chi connectivity index (χ3v) is 5.44. The van der Waals surface area contributed by atoms with Crippen LogP contribution in [0.3, 0.4) is 0 Å². The number of methoxy groups -OCH3 is 2. The van der Waals surface area contributed by atoms with Gasteiger partial charge in [0.25, 0.3) is 0 Å². The first-order chi connectivity index (χ1) is 15.1. The summed E-state index contributed by atoms with van der Waals surface area (Å²) < 4.78 is 26.1. The van der Waals surface area contributed by atoms with E-state index in [1.54, 1.807) is 29.2 Å². The zero-order valence-corrected chi connectivity index (χ0v) is 16.8. The minimum atomic E-state index is -0.402. The van der Waals surface area contributed by atoms with Crippen LogP contribution in [0.5, 0.6) is 11.9 Å². The van der Waals surface area contributed by atoms with E-state index in [1.807, 2.05) is 12.1 Å². The van der Waals surface area contributed by atoms with Crippen LogP contribution in [0.4, 0.5) is 4.39 Å². The van der Waals surface area contributed by atoms with Crippen LogP contribution in [0.15, 0.2) is 42.9 Å². The second kappa shape index (κ2) is 7.32. The number of rotatable bonds is 5. The molecule has 2 atom stereocenters. The molecule has 0 saturated heterocycles. The minimum absolute atomic E-state index is 0.104. The topological polar surface area (TPSA) is 98.2 Å². The first kappa shape index (κ1) is 18.9. The lowest BCUT2D eigenvalue weighted by atomic mass is 10.0. The van der Waals surface area contributed by atoms with Crippen LogP contribution in [-0.4, -0.2) is 38.8 Å². The SMILES string of the molecule is COc1ncc(-c2cc([C@H]3C[C@@H]3c3cc(F)cc(C#N)c3)c3nccn3n2)c(OC)n1. The Labute approximate surface area is 176 Å². The molecule has 0 N–H and O–H groups in total. The summed E-state index contributed by atoms with van der Waals surface area (Å²) in [7, 11) is 3.01. The van der Waals surface area contributed by atoms with Crippen LogP contribution in [0.2, 0.25) is 0 Å². The molecule has 1 saturated carbocycles. The van der Waals surface area contributed by atoms with Crippen LogP contribution in [0.25, 0.3) is 16.9 Å². The average Bonchev–Trinajstić information content (AvgIpc) is 3.46. The summed E-state index contributed by atoms with van der Waals surface area (Å²) in [6.45, 7) is 0. The summed E-state index contributed by atoms with van der Waals surface area (Å²) in [6.07, 6.45) is 5.89. The highest BCUT2D eigenvalue weighted by Gasteiger charge is 2.41. The summed E-state index contributed by atoms with van der Waals surface area (Å²) in [5.41, 5.74) is 4.11. The predicted octanol–water partition coefficient (Wildman–Crippen LogP) is 3.49. The average molecular weight is 416 g/mol. The standard InChI is InChI=1S/C22H17FN6O2/c1-30-21-18(11-26-22(27-21)31-2)19-9-17(20-25-3-4-29(20)28-19)16-8-15(16)13-5-12(10-24)6-14(23)7-13/h3-7,9,11,15-16H,8H2,1-2H3/t15-,16+/m1/s1. The van der Waals surface area contributed by atoms with Crippen LogP contribution >= 0.6 is 0 Å². The molecule has 31 heavy (non-hydrogen) atoms. The Bertz CT molecular complexity index is 1350. The van der Waals surface area contributed by atoms with Crippen molar-refractivity contribution in [2.75, 3.05) is 14.2 Å². The van der Waals surface area contributed by atoms with E-state index in [2.05, 4.69) is 20.1 Å². The van der Waals surface area contributed by atoms with Crippen molar-refractivity contribution in [3.8, 4) is 29.2 Å². The molecule has 154 valence electrons. The normalized spacial score (nSPS) is 17.4. The highest BCUT2D eigenvalue weighted by Crippen LogP contribution is 2.56. The Morgan fingerprint density at radius 1 is 1.13 bits per heavy atom. The number of hydrogen-bond acceptors (Lipinski definition) is 7. The Kier molecular flexibility index (Phi) is 4.47. The maximum atomic E-state index is 14.0. The van der Waals surface area contributed by atoms with Crippen LogP contribution in [0, 0.1) is 17.1 Å². The van der Waals surface area contributed by atoms with E-state index in [0.29, 0.717) is 22.7 Å². The molecule has 0 unspecified atom stereocenters. The summed E-state index contributed by atoms with van der Waals surface area (Å²) in [5.74, 6) is 0.180. The number of nitrogens with zero attached hydrogens (tertiary/aromatic N) is 6. The molecule has 0 aliphatic heterocycles. The molecule has 1 fully saturated rings. The molecule has 3 aromatic heterocycles. The number of ether oxygens (including phenoxy) is 2. The van der Waals surface area contributed by atoms with E-state index in [-0.39, 0.29) is 17.8 Å². The molecule has 0 radical (unpaired) electrons. The van der Waals surface area contributed by atoms with Crippen molar-refractivity contribution >= 4 is 5.65 Å². The lowest BCUT2D eigenvalue weighted by Gasteiger charge is -2.11. The zero-order valence-electron chi connectivity index (χ0n) is 16.8. The minimum Gasteiger partial charge on any atom is -0.480 e. The van der Waals surface area contributed by atoms with Gasteiger partial charge in [-0.15, -0.1) is 0 Å². The third kappa shape index (κ3) is 3.32. The van der Waals surface area contributed by atoms with Crippen molar-refractivity contribution in [2.24, 2.45) is 0 Å². The van der Waals surface area contributed by atoms with Crippen molar-refractivity contribution in [3.05, 3.63) is 65.4 Å². The molecule has 1 aliphatic rings. The zero-order chi connectivity index (χ0) is 21.5. The van der Waals surface area contributed by atoms with Gasteiger partial charge in [0.2, 0.25) is 5.88 Å². The first-order valence-electron chi connectivity index (χ1n) is 9.61. The van der Waals surface area contributed by atoms with Gasteiger partial charge in [0.15, 0.2) is 5.65 Å². The van der Waals surface area contributed by atoms with Gasteiger partial charge in [0, 0.05) is 24.2 Å². The summed E-state index contributed by atoms with van der Waals surface area (Å²) in [4.78, 5) is 12.9. The number of hydrogen-bond donors (Lipinski definition) is 0. The lowest BCUT2D eigenvalue weighted by molar-refractivity contribution is 0.353. The fraction of sp³-hybridized carbons (Fsp3) is 0.227. The van der Waals surface area contributed by atoms with E-state index in [0.717, 1.165) is 23.2 Å². The number of imidazole rings is 1. The van der Waals surface area contributed by atoms with E-state index in [4.69, 9.17) is 14.7 Å². The van der Waals surface area contributed by atoms with Gasteiger partial charge >= 0.3 is 6.01 Å². The molecule has 0 spiro atoms. The molecule has 5 rings (SSSR count). The molecule has 1 aromatic carbocycles. The second-order valence-corrected chi connectivity index (χ2v) is 7.29. The fourth-order valence-corrected chi connectivity index (χ4v) is 3.92. The number of fused-ring (bicyclic) bond motifs is 1. The highest BCUT2D eigenvalue weighted by atomic mass is 19.1. The molecule has 1 aliphatic carbocycles. The van der Waals surface area contributed by atoms with Crippen molar-refractivity contribution in [3.63, 3.8) is 0 Å². The fourth-order valence-electron chi connectivity index (χ4n) is 3.92. The van der Waals surface area contributed by atoms with Gasteiger partial charge in [-0.2, -0.15) is 15.3 Å². The van der Waals surface area contributed by atoms with Crippen LogP contribution in [-0.2, 0) is 0 Å². The number of aromatic nitrogens is 5. The van der Waals surface area contributed by atoms with Gasteiger partial charge in [-0.25, -0.2) is 18.9 Å². The molecule has 8 nitrogen and oxygen atoms in total. The Morgan fingerprint density at radius 3 is 2.77 bits per heavy atom.